The normalized spacial score (nSPS) is 12.2. The molecule has 0 aliphatic heterocycles. The fourth-order valence-corrected chi connectivity index (χ4v) is 5.12. The molecule has 0 aromatic heterocycles. The summed E-state index contributed by atoms with van der Waals surface area (Å²) in [6, 6.07) is 24.3. The van der Waals surface area contributed by atoms with Crippen LogP contribution >= 0.6 is 15.6 Å². The lowest BCUT2D eigenvalue weighted by Crippen LogP contribution is -2.04. The molecule has 0 radical (unpaired) electrons. The van der Waals surface area contributed by atoms with Crippen LogP contribution in [0.25, 0.3) is 21.5 Å². The summed E-state index contributed by atoms with van der Waals surface area (Å²) in [4.78, 5) is 18.6. The Hall–Kier alpha value is -2.66. The van der Waals surface area contributed by atoms with Gasteiger partial charge in [0.1, 0.15) is 11.5 Å². The van der Waals surface area contributed by atoms with Crippen LogP contribution in [0.2, 0.25) is 0 Å². The molecule has 0 fully saturated rings. The Morgan fingerprint density at radius 2 is 1.00 bits per heavy atom. The van der Waals surface area contributed by atoms with Crippen LogP contribution in [0, 0.1) is 0 Å². The zero-order valence-corrected chi connectivity index (χ0v) is 16.7. The average Bonchev–Trinajstić information content (AvgIpc) is 2.67. The van der Waals surface area contributed by atoms with Crippen molar-refractivity contribution in [3.63, 3.8) is 0 Å². The van der Waals surface area contributed by atoms with Crippen LogP contribution in [0.3, 0.4) is 0 Å². The second kappa shape index (κ2) is 7.64. The molecule has 4 aromatic rings. The van der Waals surface area contributed by atoms with Gasteiger partial charge in [-0.15, -0.1) is 0 Å². The molecular formula is C20H16O7P2. The van der Waals surface area contributed by atoms with Crippen LogP contribution in [0.1, 0.15) is 0 Å². The van der Waals surface area contributed by atoms with E-state index in [2.05, 4.69) is 4.31 Å². The first-order valence-electron chi connectivity index (χ1n) is 8.55. The van der Waals surface area contributed by atoms with E-state index in [9.17, 15) is 18.9 Å². The van der Waals surface area contributed by atoms with Crippen molar-refractivity contribution in [2.24, 2.45) is 0 Å². The summed E-state index contributed by atoms with van der Waals surface area (Å²) in [5.41, 5.74) is 0. The maximum absolute atomic E-state index is 13.3. The number of phosphoric ester groups is 1. The number of hydrogen-bond donors (Lipinski definition) is 2. The summed E-state index contributed by atoms with van der Waals surface area (Å²) >= 11 is 0. The zero-order chi connectivity index (χ0) is 20.5. The summed E-state index contributed by atoms with van der Waals surface area (Å²) < 4.78 is 40.2. The first-order chi connectivity index (χ1) is 13.8. The van der Waals surface area contributed by atoms with Gasteiger partial charge < -0.3 is 18.8 Å². The lowest BCUT2D eigenvalue weighted by atomic mass is 10.1. The van der Waals surface area contributed by atoms with Crippen molar-refractivity contribution in [2.45, 2.75) is 0 Å². The topological polar surface area (TPSA) is 102 Å². The second-order valence-electron chi connectivity index (χ2n) is 6.16. The summed E-state index contributed by atoms with van der Waals surface area (Å²) in [5.74, 6) is 0.222. The molecule has 0 saturated heterocycles. The van der Waals surface area contributed by atoms with Crippen molar-refractivity contribution in [3.8, 4) is 11.5 Å². The Morgan fingerprint density at radius 1 is 0.586 bits per heavy atom. The van der Waals surface area contributed by atoms with Crippen molar-refractivity contribution < 1.29 is 32.3 Å². The monoisotopic (exact) mass is 430 g/mol. The molecule has 4 aromatic carbocycles. The number of phosphoric acid groups is 2. The van der Waals surface area contributed by atoms with Gasteiger partial charge in [-0.1, -0.05) is 72.8 Å². The Morgan fingerprint density at radius 3 is 1.45 bits per heavy atom. The van der Waals surface area contributed by atoms with E-state index in [0.29, 0.717) is 10.8 Å². The molecule has 0 spiro atoms. The predicted molar refractivity (Wildman–Crippen MR) is 110 cm³/mol. The van der Waals surface area contributed by atoms with Gasteiger partial charge >= 0.3 is 15.6 Å². The molecule has 2 N–H and O–H groups in total. The minimum Gasteiger partial charge on any atom is -0.394 e. The van der Waals surface area contributed by atoms with E-state index in [1.54, 1.807) is 36.4 Å². The Labute approximate surface area is 166 Å². The predicted octanol–water partition coefficient (Wildman–Crippen LogP) is 5.67. The van der Waals surface area contributed by atoms with Crippen molar-refractivity contribution in [1.82, 2.24) is 0 Å². The van der Waals surface area contributed by atoms with Crippen molar-refractivity contribution in [2.75, 3.05) is 0 Å². The number of rotatable bonds is 6. The lowest BCUT2D eigenvalue weighted by Gasteiger charge is -2.20. The Kier molecular flexibility index (Phi) is 5.17. The molecule has 0 bridgehead atoms. The molecular weight excluding hydrogens is 414 g/mol. The fourth-order valence-electron chi connectivity index (χ4n) is 2.97. The standard InChI is InChI=1S/C20H16O7P2/c21-28(22,23)27-29(24,25-19-13-5-9-15-7-1-3-11-17(15)19)26-20-14-6-10-16-8-2-4-12-18(16)20/h1-14H,(H2,21,22,23). The van der Waals surface area contributed by atoms with Gasteiger partial charge in [-0.25, -0.2) is 9.13 Å². The zero-order valence-electron chi connectivity index (χ0n) is 14.9. The third kappa shape index (κ3) is 4.51. The van der Waals surface area contributed by atoms with Crippen LogP contribution in [-0.2, 0) is 13.4 Å². The highest BCUT2D eigenvalue weighted by molar-refractivity contribution is 7.61. The molecule has 0 aliphatic rings. The van der Waals surface area contributed by atoms with Gasteiger partial charge in [0.25, 0.3) is 0 Å². The van der Waals surface area contributed by atoms with Crippen LogP contribution in [0.5, 0.6) is 11.5 Å². The number of benzene rings is 4. The molecule has 0 unspecified atom stereocenters. The van der Waals surface area contributed by atoms with Gasteiger partial charge in [0.2, 0.25) is 0 Å². The fraction of sp³-hybridized carbons (Fsp3) is 0. The molecule has 9 heteroatoms. The summed E-state index contributed by atoms with van der Waals surface area (Å²) in [6.45, 7) is 0. The van der Waals surface area contributed by atoms with Gasteiger partial charge in [0.15, 0.2) is 0 Å². The highest BCUT2D eigenvalue weighted by Gasteiger charge is 2.40. The van der Waals surface area contributed by atoms with Gasteiger partial charge in [-0.05, 0) is 22.9 Å². The van der Waals surface area contributed by atoms with E-state index < -0.39 is 15.6 Å². The highest BCUT2D eigenvalue weighted by Crippen LogP contribution is 2.61. The van der Waals surface area contributed by atoms with E-state index in [0.717, 1.165) is 10.8 Å². The molecule has 148 valence electrons. The van der Waals surface area contributed by atoms with E-state index in [1.165, 1.54) is 12.1 Å². The smallest absolute Gasteiger partial charge is 0.394 e. The van der Waals surface area contributed by atoms with E-state index in [-0.39, 0.29) is 11.5 Å². The number of fused-ring (bicyclic) bond motifs is 2. The van der Waals surface area contributed by atoms with Crippen molar-refractivity contribution in [1.29, 1.82) is 0 Å². The van der Waals surface area contributed by atoms with Gasteiger partial charge in [-0.3, -0.25) is 0 Å². The van der Waals surface area contributed by atoms with Crippen LogP contribution in [0.4, 0.5) is 0 Å². The van der Waals surface area contributed by atoms with E-state index in [1.807, 2.05) is 36.4 Å². The molecule has 0 heterocycles. The maximum Gasteiger partial charge on any atom is 0.596 e. The van der Waals surface area contributed by atoms with Crippen LogP contribution in [-0.4, -0.2) is 9.79 Å². The highest BCUT2D eigenvalue weighted by atomic mass is 31.3. The molecule has 4 rings (SSSR count). The molecule has 0 saturated carbocycles. The van der Waals surface area contributed by atoms with E-state index in [4.69, 9.17) is 9.05 Å². The van der Waals surface area contributed by atoms with Crippen molar-refractivity contribution in [3.05, 3.63) is 84.9 Å². The third-order valence-electron chi connectivity index (χ3n) is 4.13. The van der Waals surface area contributed by atoms with E-state index >= 15 is 0 Å². The summed E-state index contributed by atoms with van der Waals surface area (Å²) in [5, 5.41) is 2.76. The number of hydrogen-bond acceptors (Lipinski definition) is 5. The Balaban J connectivity index is 1.78. The van der Waals surface area contributed by atoms with Crippen LogP contribution < -0.4 is 9.05 Å². The summed E-state index contributed by atoms with van der Waals surface area (Å²) in [6.07, 6.45) is 0. The first kappa shape index (κ1) is 19.6. The average molecular weight is 430 g/mol. The lowest BCUT2D eigenvalue weighted by molar-refractivity contribution is 0.234. The van der Waals surface area contributed by atoms with Gasteiger partial charge in [0, 0.05) is 10.8 Å². The van der Waals surface area contributed by atoms with Gasteiger partial charge in [-0.2, -0.15) is 4.31 Å². The van der Waals surface area contributed by atoms with Gasteiger partial charge in [0.05, 0.1) is 0 Å². The SMILES string of the molecule is O=P(O)(O)OP(=O)(Oc1cccc2ccccc12)Oc1cccc2ccccc12. The molecule has 29 heavy (non-hydrogen) atoms. The minimum absolute atomic E-state index is 0.111. The maximum atomic E-state index is 13.3. The van der Waals surface area contributed by atoms with Crippen molar-refractivity contribution >= 4 is 37.2 Å². The molecule has 7 nitrogen and oxygen atoms in total. The summed E-state index contributed by atoms with van der Waals surface area (Å²) in [7, 11) is -9.95. The second-order valence-corrected chi connectivity index (χ2v) is 9.05. The molecule has 0 amide bonds. The largest absolute Gasteiger partial charge is 0.596 e. The minimum atomic E-state index is -5.20. The first-order valence-corrected chi connectivity index (χ1v) is 11.5. The third-order valence-corrected chi connectivity index (χ3v) is 6.62. The molecule has 0 aliphatic carbocycles. The molecule has 0 atom stereocenters. The quantitative estimate of drug-likeness (QED) is 0.380. The Bertz CT molecular complexity index is 1190. The van der Waals surface area contributed by atoms with Crippen LogP contribution in [0.15, 0.2) is 84.9 Å².